The lowest BCUT2D eigenvalue weighted by Crippen LogP contribution is -2.33. The van der Waals surface area contributed by atoms with Crippen LogP contribution in [0.5, 0.6) is 5.75 Å². The number of aromatic nitrogens is 2. The summed E-state index contributed by atoms with van der Waals surface area (Å²) in [5, 5.41) is 3.09. The molecule has 202 valence electrons. The Morgan fingerprint density at radius 1 is 1.05 bits per heavy atom. The third-order valence-corrected chi connectivity index (χ3v) is 7.18. The number of thiazole rings is 1. The van der Waals surface area contributed by atoms with Crippen LogP contribution in [-0.2, 0) is 19.1 Å². The van der Waals surface area contributed by atoms with Crippen LogP contribution in [0.1, 0.15) is 39.3 Å². The van der Waals surface area contributed by atoms with E-state index in [1.165, 1.54) is 35.6 Å². The molecule has 0 saturated heterocycles. The molecular weight excluding hydrogens is 591 g/mol. The minimum Gasteiger partial charge on any atom is -0.463 e. The maximum atomic E-state index is 13.3. The lowest BCUT2D eigenvalue weighted by Gasteiger charge is -2.30. The summed E-state index contributed by atoms with van der Waals surface area (Å²) in [6.07, 6.45) is -3.08. The normalized spacial score (nSPS) is 14.6. The van der Waals surface area contributed by atoms with Gasteiger partial charge >= 0.3 is 18.3 Å². The van der Waals surface area contributed by atoms with Gasteiger partial charge in [-0.05, 0) is 67.9 Å². The van der Waals surface area contributed by atoms with Gasteiger partial charge in [-0.15, -0.1) is 13.2 Å². The number of dihydropyridines is 1. The summed E-state index contributed by atoms with van der Waals surface area (Å²) in [6.45, 7) is 6.98. The molecule has 1 aliphatic rings. The number of alkyl halides is 3. The van der Waals surface area contributed by atoms with Gasteiger partial charge in [0.15, 0.2) is 4.96 Å². The molecule has 1 N–H and O–H groups in total. The Hall–Kier alpha value is -3.32. The van der Waals surface area contributed by atoms with Crippen molar-refractivity contribution < 1.29 is 37.0 Å². The van der Waals surface area contributed by atoms with E-state index in [0.29, 0.717) is 33.3 Å². The van der Waals surface area contributed by atoms with Gasteiger partial charge in [0.1, 0.15) is 5.75 Å². The summed E-state index contributed by atoms with van der Waals surface area (Å²) in [5.74, 6) is -2.59. The number of hydrogen-bond donors (Lipinski definition) is 1. The second-order valence-corrected chi connectivity index (χ2v) is 10.6. The molecular formula is C25H23BrF3N3O5S. The van der Waals surface area contributed by atoms with Crippen LogP contribution in [0.2, 0.25) is 0 Å². The number of imidazole rings is 1. The number of nitrogens with zero attached hydrogens (tertiary/aromatic N) is 2. The van der Waals surface area contributed by atoms with E-state index in [2.05, 4.69) is 26.0 Å². The Morgan fingerprint density at radius 3 is 2.11 bits per heavy atom. The van der Waals surface area contributed by atoms with Crippen LogP contribution in [-0.4, -0.2) is 40.9 Å². The molecule has 0 saturated carbocycles. The van der Waals surface area contributed by atoms with Crippen LogP contribution in [0.3, 0.4) is 0 Å². The van der Waals surface area contributed by atoms with E-state index in [-0.39, 0.29) is 30.1 Å². The summed E-state index contributed by atoms with van der Waals surface area (Å²) in [6, 6.07) is 5.24. The average molecular weight is 614 g/mol. The molecule has 0 spiro atoms. The summed E-state index contributed by atoms with van der Waals surface area (Å²) in [5.41, 5.74) is 2.66. The number of carbonyl (C=O) groups is 2. The van der Waals surface area contributed by atoms with Gasteiger partial charge in [0.2, 0.25) is 0 Å². The second kappa shape index (κ2) is 10.8. The summed E-state index contributed by atoms with van der Waals surface area (Å²) < 4.78 is 55.3. The van der Waals surface area contributed by atoms with Crippen LogP contribution >= 0.6 is 27.3 Å². The molecule has 38 heavy (non-hydrogen) atoms. The summed E-state index contributed by atoms with van der Waals surface area (Å²) >= 11 is 4.77. The molecule has 1 aromatic carbocycles. The lowest BCUT2D eigenvalue weighted by molar-refractivity contribution is -0.274. The first-order valence-electron chi connectivity index (χ1n) is 11.5. The number of rotatable bonds is 7. The average Bonchev–Trinajstić information content (AvgIpc) is 3.34. The SMILES string of the molecule is CCOC(=O)C1=C(C)NC(C)=C(C(=O)OCC)C1c1c(-c2ccc(OC(F)(F)F)cc2)nc2sc(Br)cn12. The van der Waals surface area contributed by atoms with Crippen LogP contribution in [0.25, 0.3) is 16.2 Å². The van der Waals surface area contributed by atoms with Crippen molar-refractivity contribution >= 4 is 44.2 Å². The molecule has 3 heterocycles. The number of hydrogen-bond acceptors (Lipinski definition) is 8. The molecule has 13 heteroatoms. The third kappa shape index (κ3) is 5.44. The van der Waals surface area contributed by atoms with E-state index in [9.17, 15) is 22.8 Å². The van der Waals surface area contributed by atoms with Crippen molar-refractivity contribution in [1.82, 2.24) is 14.7 Å². The number of benzene rings is 1. The molecule has 0 bridgehead atoms. The van der Waals surface area contributed by atoms with E-state index in [0.717, 1.165) is 3.79 Å². The number of esters is 2. The van der Waals surface area contributed by atoms with Crippen LogP contribution in [0.4, 0.5) is 13.2 Å². The van der Waals surface area contributed by atoms with Gasteiger partial charge in [-0.25, -0.2) is 14.6 Å². The van der Waals surface area contributed by atoms with Crippen molar-refractivity contribution in [3.8, 4) is 17.0 Å². The molecule has 8 nitrogen and oxygen atoms in total. The fourth-order valence-electron chi connectivity index (χ4n) is 4.36. The van der Waals surface area contributed by atoms with Crippen LogP contribution in [0, 0.1) is 0 Å². The highest BCUT2D eigenvalue weighted by molar-refractivity contribution is 9.11. The number of carbonyl (C=O) groups excluding carboxylic acids is 2. The Bertz CT molecular complexity index is 1420. The lowest BCUT2D eigenvalue weighted by atomic mass is 9.81. The predicted octanol–water partition coefficient (Wildman–Crippen LogP) is 6.08. The van der Waals surface area contributed by atoms with Crippen LogP contribution < -0.4 is 10.1 Å². The maximum absolute atomic E-state index is 13.3. The Kier molecular flexibility index (Phi) is 7.88. The molecule has 0 fully saturated rings. The topological polar surface area (TPSA) is 91.2 Å². The fourth-order valence-corrected chi connectivity index (χ4v) is 5.72. The predicted molar refractivity (Wildman–Crippen MR) is 137 cm³/mol. The van der Waals surface area contributed by atoms with Crippen molar-refractivity contribution in [3.63, 3.8) is 0 Å². The Balaban J connectivity index is 1.98. The molecule has 4 rings (SSSR count). The van der Waals surface area contributed by atoms with Gasteiger partial charge < -0.3 is 19.5 Å². The van der Waals surface area contributed by atoms with E-state index >= 15 is 0 Å². The highest BCUT2D eigenvalue weighted by Crippen LogP contribution is 2.45. The highest BCUT2D eigenvalue weighted by atomic mass is 79.9. The summed E-state index contributed by atoms with van der Waals surface area (Å²) in [7, 11) is 0. The zero-order valence-corrected chi connectivity index (χ0v) is 23.1. The maximum Gasteiger partial charge on any atom is 0.573 e. The van der Waals surface area contributed by atoms with E-state index in [1.807, 2.05) is 0 Å². The van der Waals surface area contributed by atoms with Crippen molar-refractivity contribution in [2.45, 2.75) is 40.0 Å². The molecule has 0 radical (unpaired) electrons. The smallest absolute Gasteiger partial charge is 0.463 e. The quantitative estimate of drug-likeness (QED) is 0.323. The summed E-state index contributed by atoms with van der Waals surface area (Å²) in [4.78, 5) is 31.8. The first-order chi connectivity index (χ1) is 17.9. The van der Waals surface area contributed by atoms with Gasteiger partial charge in [0.25, 0.3) is 0 Å². The van der Waals surface area contributed by atoms with Gasteiger partial charge in [0, 0.05) is 23.2 Å². The highest BCUT2D eigenvalue weighted by Gasteiger charge is 2.41. The van der Waals surface area contributed by atoms with Gasteiger partial charge in [0.05, 0.1) is 45.5 Å². The van der Waals surface area contributed by atoms with Gasteiger partial charge in [-0.2, -0.15) is 0 Å². The molecule has 0 aliphatic carbocycles. The van der Waals surface area contributed by atoms with Gasteiger partial charge in [-0.3, -0.25) is 4.40 Å². The van der Waals surface area contributed by atoms with Crippen molar-refractivity contribution in [2.75, 3.05) is 13.2 Å². The van der Waals surface area contributed by atoms with Crippen molar-refractivity contribution in [3.05, 3.63) is 62.5 Å². The monoisotopic (exact) mass is 613 g/mol. The van der Waals surface area contributed by atoms with Crippen LogP contribution in [0.15, 0.2) is 56.8 Å². The van der Waals surface area contributed by atoms with Gasteiger partial charge in [-0.1, -0.05) is 11.3 Å². The minimum absolute atomic E-state index is 0.110. The number of halogens is 4. The number of allylic oxidation sites excluding steroid dienone is 2. The molecule has 0 unspecified atom stereocenters. The number of nitrogens with one attached hydrogen (secondary N) is 1. The minimum atomic E-state index is -4.83. The first kappa shape index (κ1) is 27.7. The van der Waals surface area contributed by atoms with Crippen molar-refractivity contribution in [2.24, 2.45) is 0 Å². The molecule has 0 amide bonds. The number of fused-ring (bicyclic) bond motifs is 1. The largest absolute Gasteiger partial charge is 0.573 e. The fraction of sp³-hybridized carbons (Fsp3) is 0.320. The zero-order valence-electron chi connectivity index (χ0n) is 20.7. The second-order valence-electron chi connectivity index (χ2n) is 8.18. The number of ether oxygens (including phenoxy) is 3. The van der Waals surface area contributed by atoms with E-state index in [4.69, 9.17) is 14.5 Å². The molecule has 3 aromatic rings. The van der Waals surface area contributed by atoms with E-state index in [1.54, 1.807) is 38.3 Å². The molecule has 0 atom stereocenters. The molecule has 2 aromatic heterocycles. The Labute approximate surface area is 228 Å². The standard InChI is InChI=1S/C25H23BrF3N3O5S/c1-5-35-22(33)17-12(3)30-13(4)18(23(34)36-6-2)19(17)21-20(31-24-32(21)11-16(26)38-24)14-7-9-15(10-8-14)37-25(27,28)29/h7-11,19,30H,5-6H2,1-4H3. The van der Waals surface area contributed by atoms with Crippen molar-refractivity contribution in [1.29, 1.82) is 0 Å². The Morgan fingerprint density at radius 2 is 1.61 bits per heavy atom. The first-order valence-corrected chi connectivity index (χ1v) is 13.1. The molecule has 1 aliphatic heterocycles. The zero-order chi connectivity index (χ0) is 27.8. The van der Waals surface area contributed by atoms with E-state index < -0.39 is 24.2 Å². The third-order valence-electron chi connectivity index (χ3n) is 5.72.